The average Bonchev–Trinajstić information content (AvgIpc) is 3.44. The van der Waals surface area contributed by atoms with Crippen molar-refractivity contribution in [3.05, 3.63) is 47.9 Å². The zero-order valence-corrected chi connectivity index (χ0v) is 22.1. The molecule has 2 heterocycles. The number of ether oxygens (including phenoxy) is 4. The molecule has 0 unspecified atom stereocenters. The molecule has 10 nitrogen and oxygen atoms in total. The van der Waals surface area contributed by atoms with Gasteiger partial charge < -0.3 is 33.2 Å². The summed E-state index contributed by atoms with van der Waals surface area (Å²) in [6, 6.07) is 9.36. The maximum absolute atomic E-state index is 13.5. The van der Waals surface area contributed by atoms with Gasteiger partial charge in [0.05, 0.1) is 46.8 Å². The van der Waals surface area contributed by atoms with Gasteiger partial charge in [-0.3, -0.25) is 14.5 Å². The molecule has 1 aliphatic heterocycles. The number of hydrogen-bond donors (Lipinski definition) is 0. The fourth-order valence-electron chi connectivity index (χ4n) is 4.26. The van der Waals surface area contributed by atoms with Crippen LogP contribution in [0.25, 0.3) is 0 Å². The number of nitrogens with zero attached hydrogens (tertiary/aromatic N) is 3. The molecule has 37 heavy (non-hydrogen) atoms. The van der Waals surface area contributed by atoms with E-state index in [2.05, 4.69) is 4.90 Å². The second kappa shape index (κ2) is 15.2. The number of amides is 2. The molecule has 10 heteroatoms. The molecule has 1 aliphatic rings. The Labute approximate surface area is 219 Å². The van der Waals surface area contributed by atoms with E-state index >= 15 is 0 Å². The standard InChI is InChI=1S/C27H39N3O7/c1-33-21-27(32)29(11-5-10-28-13-16-36-17-14-28)20-26(31)30(19-23-6-4-15-37-23)12-9-22-7-8-24(34-2)25(18-22)35-3/h4,6-8,15,18H,5,9-14,16-17,19-21H2,1-3H3. The Balaban J connectivity index is 1.65. The molecule has 2 aromatic rings. The van der Waals surface area contributed by atoms with Crippen LogP contribution in [-0.2, 0) is 32.0 Å². The summed E-state index contributed by atoms with van der Waals surface area (Å²) in [5.74, 6) is 1.63. The number of methoxy groups -OCH3 is 3. The Morgan fingerprint density at radius 3 is 2.43 bits per heavy atom. The topological polar surface area (TPSA) is 93.9 Å². The third kappa shape index (κ3) is 9.07. The first-order valence-corrected chi connectivity index (χ1v) is 12.6. The third-order valence-electron chi connectivity index (χ3n) is 6.35. The predicted octanol–water partition coefficient (Wildman–Crippen LogP) is 2.07. The lowest BCUT2D eigenvalue weighted by atomic mass is 10.1. The lowest BCUT2D eigenvalue weighted by Gasteiger charge is -2.29. The van der Waals surface area contributed by atoms with Crippen LogP contribution >= 0.6 is 0 Å². The maximum Gasteiger partial charge on any atom is 0.249 e. The highest BCUT2D eigenvalue weighted by Crippen LogP contribution is 2.27. The molecular weight excluding hydrogens is 478 g/mol. The number of morpholine rings is 1. The highest BCUT2D eigenvalue weighted by atomic mass is 16.5. The molecule has 1 aromatic carbocycles. The van der Waals surface area contributed by atoms with E-state index in [9.17, 15) is 9.59 Å². The van der Waals surface area contributed by atoms with Crippen LogP contribution in [0.4, 0.5) is 0 Å². The molecule has 1 fully saturated rings. The molecular formula is C27H39N3O7. The molecule has 0 N–H and O–H groups in total. The van der Waals surface area contributed by atoms with E-state index in [0.29, 0.717) is 43.3 Å². The smallest absolute Gasteiger partial charge is 0.249 e. The van der Waals surface area contributed by atoms with Crippen molar-refractivity contribution in [1.29, 1.82) is 0 Å². The van der Waals surface area contributed by atoms with Gasteiger partial charge in [0, 0.05) is 39.8 Å². The molecule has 0 bridgehead atoms. The van der Waals surface area contributed by atoms with Gasteiger partial charge in [0.2, 0.25) is 11.8 Å². The summed E-state index contributed by atoms with van der Waals surface area (Å²) in [7, 11) is 4.68. The van der Waals surface area contributed by atoms with Crippen LogP contribution in [0.2, 0.25) is 0 Å². The molecule has 204 valence electrons. The maximum atomic E-state index is 13.5. The van der Waals surface area contributed by atoms with Crippen molar-refractivity contribution in [2.24, 2.45) is 0 Å². The van der Waals surface area contributed by atoms with Gasteiger partial charge in [-0.15, -0.1) is 0 Å². The molecule has 0 spiro atoms. The quantitative estimate of drug-likeness (QED) is 0.355. The lowest BCUT2D eigenvalue weighted by Crippen LogP contribution is -2.45. The number of hydrogen-bond acceptors (Lipinski definition) is 8. The summed E-state index contributed by atoms with van der Waals surface area (Å²) in [6.07, 6.45) is 2.97. The van der Waals surface area contributed by atoms with Gasteiger partial charge in [-0.05, 0) is 42.7 Å². The average molecular weight is 518 g/mol. The minimum atomic E-state index is -0.198. The van der Waals surface area contributed by atoms with Crippen LogP contribution in [0.15, 0.2) is 41.0 Å². The van der Waals surface area contributed by atoms with Crippen LogP contribution in [0, 0.1) is 0 Å². The highest BCUT2D eigenvalue weighted by Gasteiger charge is 2.23. The van der Waals surface area contributed by atoms with Gasteiger partial charge in [0.15, 0.2) is 11.5 Å². The third-order valence-corrected chi connectivity index (χ3v) is 6.35. The number of carbonyl (C=O) groups excluding carboxylic acids is 2. The largest absolute Gasteiger partial charge is 0.493 e. The Hall–Kier alpha value is -3.08. The minimum absolute atomic E-state index is 0.0159. The van der Waals surface area contributed by atoms with E-state index in [1.165, 1.54) is 7.11 Å². The van der Waals surface area contributed by atoms with Gasteiger partial charge in [-0.25, -0.2) is 0 Å². The Morgan fingerprint density at radius 2 is 1.76 bits per heavy atom. The summed E-state index contributed by atoms with van der Waals surface area (Å²) in [5, 5.41) is 0. The van der Waals surface area contributed by atoms with Crippen molar-refractivity contribution in [2.75, 3.05) is 80.4 Å². The van der Waals surface area contributed by atoms with Crippen molar-refractivity contribution < 1.29 is 33.0 Å². The zero-order chi connectivity index (χ0) is 26.5. The highest BCUT2D eigenvalue weighted by molar-refractivity contribution is 5.85. The molecule has 1 aromatic heterocycles. The molecule has 1 saturated heterocycles. The second-order valence-corrected chi connectivity index (χ2v) is 8.89. The van der Waals surface area contributed by atoms with E-state index in [1.807, 2.05) is 24.3 Å². The van der Waals surface area contributed by atoms with E-state index in [0.717, 1.165) is 44.8 Å². The number of furan rings is 1. The fourth-order valence-corrected chi connectivity index (χ4v) is 4.26. The van der Waals surface area contributed by atoms with Crippen LogP contribution in [0.5, 0.6) is 11.5 Å². The van der Waals surface area contributed by atoms with Gasteiger partial charge >= 0.3 is 0 Å². The van der Waals surface area contributed by atoms with E-state index in [4.69, 9.17) is 23.4 Å². The zero-order valence-electron chi connectivity index (χ0n) is 22.1. The van der Waals surface area contributed by atoms with E-state index in [1.54, 1.807) is 36.3 Å². The van der Waals surface area contributed by atoms with Gasteiger partial charge in [-0.1, -0.05) is 6.07 Å². The van der Waals surface area contributed by atoms with Crippen molar-refractivity contribution in [2.45, 2.75) is 19.4 Å². The Morgan fingerprint density at radius 1 is 0.973 bits per heavy atom. The van der Waals surface area contributed by atoms with Gasteiger partial charge in [0.1, 0.15) is 12.4 Å². The van der Waals surface area contributed by atoms with Crippen LogP contribution in [0.3, 0.4) is 0 Å². The summed E-state index contributed by atoms with van der Waals surface area (Å²) in [6.45, 7) is 5.26. The van der Waals surface area contributed by atoms with E-state index < -0.39 is 0 Å². The summed E-state index contributed by atoms with van der Waals surface area (Å²) < 4.78 is 26.7. The first-order valence-electron chi connectivity index (χ1n) is 12.6. The van der Waals surface area contributed by atoms with Gasteiger partial charge in [-0.2, -0.15) is 0 Å². The van der Waals surface area contributed by atoms with Crippen molar-refractivity contribution in [3.63, 3.8) is 0 Å². The number of carbonyl (C=O) groups is 2. The minimum Gasteiger partial charge on any atom is -0.493 e. The lowest BCUT2D eigenvalue weighted by molar-refractivity contribution is -0.143. The van der Waals surface area contributed by atoms with Crippen LogP contribution in [-0.4, -0.2) is 107 Å². The molecule has 0 radical (unpaired) electrons. The summed E-state index contributed by atoms with van der Waals surface area (Å²) in [4.78, 5) is 31.9. The van der Waals surface area contributed by atoms with Crippen molar-refractivity contribution in [1.82, 2.24) is 14.7 Å². The molecule has 0 aliphatic carbocycles. The second-order valence-electron chi connectivity index (χ2n) is 8.89. The molecule has 3 rings (SSSR count). The van der Waals surface area contributed by atoms with Crippen molar-refractivity contribution in [3.8, 4) is 11.5 Å². The number of rotatable bonds is 15. The predicted molar refractivity (Wildman–Crippen MR) is 138 cm³/mol. The van der Waals surface area contributed by atoms with Crippen molar-refractivity contribution >= 4 is 11.8 Å². The molecule has 0 atom stereocenters. The van der Waals surface area contributed by atoms with Crippen LogP contribution < -0.4 is 9.47 Å². The summed E-state index contributed by atoms with van der Waals surface area (Å²) >= 11 is 0. The van der Waals surface area contributed by atoms with Gasteiger partial charge in [0.25, 0.3) is 0 Å². The Kier molecular flexibility index (Phi) is 11.7. The monoisotopic (exact) mass is 517 g/mol. The summed E-state index contributed by atoms with van der Waals surface area (Å²) in [5.41, 5.74) is 1.01. The Bertz CT molecular complexity index is 961. The number of benzene rings is 1. The molecule has 2 amide bonds. The SMILES string of the molecule is COCC(=O)N(CCCN1CCOCC1)CC(=O)N(CCc1ccc(OC)c(OC)c1)Cc1ccco1. The fraction of sp³-hybridized carbons (Fsp3) is 0.556. The van der Waals surface area contributed by atoms with Crippen LogP contribution in [0.1, 0.15) is 17.7 Å². The molecule has 0 saturated carbocycles. The van der Waals surface area contributed by atoms with E-state index in [-0.39, 0.29) is 25.0 Å². The normalized spacial score (nSPS) is 13.8. The first-order chi connectivity index (χ1) is 18.0. The first kappa shape index (κ1) is 28.5.